The van der Waals surface area contributed by atoms with E-state index < -0.39 is 12.1 Å². The van der Waals surface area contributed by atoms with Crippen LogP contribution < -0.4 is 5.32 Å². The minimum atomic E-state index is -0.841. The number of esters is 1. The summed E-state index contributed by atoms with van der Waals surface area (Å²) in [6, 6.07) is 17.3. The van der Waals surface area contributed by atoms with Crippen molar-refractivity contribution in [1.82, 2.24) is 10.2 Å². The molecule has 1 aliphatic rings. The number of nitrogens with zero attached hydrogens (tertiary/aromatic N) is 1. The molecule has 1 heterocycles. The van der Waals surface area contributed by atoms with Gasteiger partial charge in [-0.15, -0.1) is 0 Å². The van der Waals surface area contributed by atoms with Gasteiger partial charge >= 0.3 is 5.97 Å². The molecule has 1 amide bonds. The Morgan fingerprint density at radius 1 is 1.03 bits per heavy atom. The predicted molar refractivity (Wildman–Crippen MR) is 111 cm³/mol. The minimum absolute atomic E-state index is 0.293. The third kappa shape index (κ3) is 6.69. The summed E-state index contributed by atoms with van der Waals surface area (Å²) < 4.78 is 10.7. The molecule has 1 saturated heterocycles. The fraction of sp³-hybridized carbons (Fsp3) is 0.391. The molecule has 6 heteroatoms. The Kier molecular flexibility index (Phi) is 7.78. The van der Waals surface area contributed by atoms with E-state index in [0.29, 0.717) is 12.1 Å². The monoisotopic (exact) mass is 396 g/mol. The number of benzene rings is 2. The SMILES string of the molecule is C[C@@H](OC(=O)c1ccc(CN2CCOCC2)cc1)C(=O)NCCc1ccccc1. The van der Waals surface area contributed by atoms with Crippen LogP contribution in [0.4, 0.5) is 0 Å². The summed E-state index contributed by atoms with van der Waals surface area (Å²) in [6.45, 7) is 6.27. The summed E-state index contributed by atoms with van der Waals surface area (Å²) in [5, 5.41) is 2.81. The van der Waals surface area contributed by atoms with E-state index in [1.54, 1.807) is 19.1 Å². The number of ether oxygens (including phenoxy) is 2. The Bertz CT molecular complexity index is 786. The van der Waals surface area contributed by atoms with Crippen molar-refractivity contribution in [3.8, 4) is 0 Å². The van der Waals surface area contributed by atoms with Gasteiger partial charge in [-0.25, -0.2) is 4.79 Å². The summed E-state index contributed by atoms with van der Waals surface area (Å²) in [5.41, 5.74) is 2.73. The third-order valence-electron chi connectivity index (χ3n) is 4.91. The van der Waals surface area contributed by atoms with E-state index in [1.807, 2.05) is 42.5 Å². The second-order valence-corrected chi connectivity index (χ2v) is 7.16. The number of morpholine rings is 1. The zero-order chi connectivity index (χ0) is 20.5. The molecule has 2 aromatic rings. The normalized spacial score (nSPS) is 15.5. The molecule has 0 radical (unpaired) electrons. The number of amides is 1. The first-order valence-corrected chi connectivity index (χ1v) is 10.0. The van der Waals surface area contributed by atoms with Crippen LogP contribution >= 0.6 is 0 Å². The van der Waals surface area contributed by atoms with Crippen LogP contribution in [-0.4, -0.2) is 55.7 Å². The second kappa shape index (κ2) is 10.7. The van der Waals surface area contributed by atoms with Gasteiger partial charge in [-0.3, -0.25) is 9.69 Å². The highest BCUT2D eigenvalue weighted by molar-refractivity contribution is 5.92. The van der Waals surface area contributed by atoms with Crippen molar-refractivity contribution in [2.24, 2.45) is 0 Å². The van der Waals surface area contributed by atoms with Gasteiger partial charge < -0.3 is 14.8 Å². The van der Waals surface area contributed by atoms with Crippen molar-refractivity contribution < 1.29 is 19.1 Å². The number of carbonyl (C=O) groups excluding carboxylic acids is 2. The molecule has 6 nitrogen and oxygen atoms in total. The lowest BCUT2D eigenvalue weighted by molar-refractivity contribution is -0.129. The summed E-state index contributed by atoms with van der Waals surface area (Å²) in [6.07, 6.45) is -0.107. The van der Waals surface area contributed by atoms with Crippen molar-refractivity contribution in [1.29, 1.82) is 0 Å². The quantitative estimate of drug-likeness (QED) is 0.694. The molecule has 1 N–H and O–H groups in total. The van der Waals surface area contributed by atoms with E-state index >= 15 is 0 Å². The van der Waals surface area contributed by atoms with Gasteiger partial charge in [0.05, 0.1) is 18.8 Å². The molecule has 0 bridgehead atoms. The summed E-state index contributed by atoms with van der Waals surface area (Å²) in [4.78, 5) is 26.8. The van der Waals surface area contributed by atoms with E-state index in [9.17, 15) is 9.59 Å². The van der Waals surface area contributed by atoms with Crippen LogP contribution in [0.2, 0.25) is 0 Å². The summed E-state index contributed by atoms with van der Waals surface area (Å²) in [7, 11) is 0. The van der Waals surface area contributed by atoms with Crippen molar-refractivity contribution >= 4 is 11.9 Å². The lowest BCUT2D eigenvalue weighted by Crippen LogP contribution is -2.37. The van der Waals surface area contributed by atoms with Crippen LogP contribution in [0, 0.1) is 0 Å². The zero-order valence-electron chi connectivity index (χ0n) is 16.8. The standard InChI is InChI=1S/C23H28N2O4/c1-18(22(26)24-12-11-19-5-3-2-4-6-19)29-23(27)21-9-7-20(8-10-21)17-25-13-15-28-16-14-25/h2-10,18H,11-17H2,1H3,(H,24,26)/t18-/m1/s1. The van der Waals surface area contributed by atoms with Crippen LogP contribution in [-0.2, 0) is 27.2 Å². The van der Waals surface area contributed by atoms with Crippen LogP contribution in [0.25, 0.3) is 0 Å². The van der Waals surface area contributed by atoms with Gasteiger partial charge in [-0.1, -0.05) is 42.5 Å². The third-order valence-corrected chi connectivity index (χ3v) is 4.91. The molecule has 0 aliphatic carbocycles. The van der Waals surface area contributed by atoms with Crippen LogP contribution in [0.3, 0.4) is 0 Å². The number of nitrogens with one attached hydrogen (secondary N) is 1. The Labute approximate surface area is 171 Å². The minimum Gasteiger partial charge on any atom is -0.449 e. The lowest BCUT2D eigenvalue weighted by Gasteiger charge is -2.26. The predicted octanol–water partition coefficient (Wildman–Crippen LogP) is 2.42. The van der Waals surface area contributed by atoms with Gasteiger partial charge in [0.1, 0.15) is 0 Å². The maximum absolute atomic E-state index is 12.3. The van der Waals surface area contributed by atoms with Gasteiger partial charge in [0, 0.05) is 26.2 Å². The molecule has 0 unspecified atom stereocenters. The maximum atomic E-state index is 12.3. The van der Waals surface area contributed by atoms with Gasteiger partial charge in [-0.2, -0.15) is 0 Å². The highest BCUT2D eigenvalue weighted by Gasteiger charge is 2.19. The van der Waals surface area contributed by atoms with Gasteiger partial charge in [0.2, 0.25) is 0 Å². The number of hydrogen-bond donors (Lipinski definition) is 1. The Balaban J connectivity index is 1.42. The summed E-state index contributed by atoms with van der Waals surface area (Å²) >= 11 is 0. The second-order valence-electron chi connectivity index (χ2n) is 7.16. The zero-order valence-corrected chi connectivity index (χ0v) is 16.8. The molecule has 3 rings (SSSR count). The van der Waals surface area contributed by atoms with E-state index in [2.05, 4.69) is 10.2 Å². The molecule has 29 heavy (non-hydrogen) atoms. The highest BCUT2D eigenvalue weighted by atomic mass is 16.5. The molecule has 0 spiro atoms. The van der Waals surface area contributed by atoms with Crippen LogP contribution in [0.1, 0.15) is 28.4 Å². The lowest BCUT2D eigenvalue weighted by atomic mass is 10.1. The van der Waals surface area contributed by atoms with Crippen molar-refractivity contribution in [2.75, 3.05) is 32.8 Å². The fourth-order valence-electron chi connectivity index (χ4n) is 3.16. The first-order chi connectivity index (χ1) is 14.1. The van der Waals surface area contributed by atoms with Crippen molar-refractivity contribution in [2.45, 2.75) is 26.0 Å². The smallest absolute Gasteiger partial charge is 0.338 e. The molecule has 1 atom stereocenters. The highest BCUT2D eigenvalue weighted by Crippen LogP contribution is 2.11. The first kappa shape index (κ1) is 21.0. The summed E-state index contributed by atoms with van der Waals surface area (Å²) in [5.74, 6) is -0.785. The maximum Gasteiger partial charge on any atom is 0.338 e. The van der Waals surface area contributed by atoms with E-state index in [0.717, 1.165) is 50.4 Å². The average molecular weight is 396 g/mol. The average Bonchev–Trinajstić information content (AvgIpc) is 2.75. The number of hydrogen-bond acceptors (Lipinski definition) is 5. The molecule has 154 valence electrons. The topological polar surface area (TPSA) is 67.9 Å². The molecule has 0 saturated carbocycles. The molecule has 1 fully saturated rings. The van der Waals surface area contributed by atoms with Crippen molar-refractivity contribution in [3.63, 3.8) is 0 Å². The van der Waals surface area contributed by atoms with Crippen LogP contribution in [0.15, 0.2) is 54.6 Å². The molecular formula is C23H28N2O4. The molecule has 2 aromatic carbocycles. The van der Waals surface area contributed by atoms with Crippen molar-refractivity contribution in [3.05, 3.63) is 71.3 Å². The van der Waals surface area contributed by atoms with E-state index in [-0.39, 0.29) is 5.91 Å². The van der Waals surface area contributed by atoms with Gasteiger partial charge in [0.25, 0.3) is 5.91 Å². The number of carbonyl (C=O) groups is 2. The van der Waals surface area contributed by atoms with Crippen LogP contribution in [0.5, 0.6) is 0 Å². The van der Waals surface area contributed by atoms with Gasteiger partial charge in [-0.05, 0) is 36.6 Å². The number of rotatable bonds is 8. The molecule has 0 aromatic heterocycles. The largest absolute Gasteiger partial charge is 0.449 e. The Hall–Kier alpha value is -2.70. The Morgan fingerprint density at radius 2 is 1.72 bits per heavy atom. The Morgan fingerprint density at radius 3 is 2.41 bits per heavy atom. The fourth-order valence-corrected chi connectivity index (χ4v) is 3.16. The van der Waals surface area contributed by atoms with E-state index in [1.165, 1.54) is 0 Å². The first-order valence-electron chi connectivity index (χ1n) is 10.0. The molecule has 1 aliphatic heterocycles. The van der Waals surface area contributed by atoms with Gasteiger partial charge in [0.15, 0.2) is 6.10 Å². The molecular weight excluding hydrogens is 368 g/mol. The van der Waals surface area contributed by atoms with E-state index in [4.69, 9.17) is 9.47 Å².